The molecule has 5 rings (SSSR count). The summed E-state index contributed by atoms with van der Waals surface area (Å²) in [5, 5.41) is 8.62. The van der Waals surface area contributed by atoms with Gasteiger partial charge in [-0.1, -0.05) is 59.1 Å². The molecule has 6 nitrogen and oxygen atoms in total. The first kappa shape index (κ1) is 16.8. The van der Waals surface area contributed by atoms with E-state index >= 15 is 0 Å². The van der Waals surface area contributed by atoms with Crippen molar-refractivity contribution in [3.63, 3.8) is 0 Å². The number of fused-ring (bicyclic) bond motifs is 2. The van der Waals surface area contributed by atoms with Gasteiger partial charge in [0.05, 0.1) is 46.5 Å². The minimum absolute atomic E-state index is 0.770. The fourth-order valence-electron chi connectivity index (χ4n) is 2.79. The molecule has 27 heavy (non-hydrogen) atoms. The first-order chi connectivity index (χ1) is 13.4. The summed E-state index contributed by atoms with van der Waals surface area (Å²) in [6.45, 7) is 0. The Balaban J connectivity index is 1.23. The van der Waals surface area contributed by atoms with E-state index in [9.17, 15) is 0 Å². The third-order valence-corrected chi connectivity index (χ3v) is 7.29. The van der Waals surface area contributed by atoms with Crippen LogP contribution < -0.4 is 0 Å². The number of nitrogens with zero attached hydrogens (tertiary/aromatic N) is 6. The molecule has 0 atom stereocenters. The Bertz CT molecular complexity index is 1120. The van der Waals surface area contributed by atoms with Gasteiger partial charge in [-0.2, -0.15) is 0 Å². The van der Waals surface area contributed by atoms with Crippen molar-refractivity contribution in [1.29, 1.82) is 0 Å². The van der Waals surface area contributed by atoms with Gasteiger partial charge in [0.1, 0.15) is 0 Å². The highest BCUT2D eigenvalue weighted by atomic mass is 32.2. The van der Waals surface area contributed by atoms with E-state index in [-0.39, 0.29) is 0 Å². The molecular formula is C18H14N6S3. The summed E-state index contributed by atoms with van der Waals surface area (Å²) in [4.78, 5) is 8.85. The fourth-order valence-corrected chi connectivity index (χ4v) is 5.63. The SMILES string of the molecule is c1ccc2c(c1)ncn2CSc1nnc(SCn2cnc3ccccc32)s1. The van der Waals surface area contributed by atoms with Crippen molar-refractivity contribution in [2.45, 2.75) is 20.4 Å². The lowest BCUT2D eigenvalue weighted by Crippen LogP contribution is -1.91. The van der Waals surface area contributed by atoms with Crippen LogP contribution in [0.1, 0.15) is 0 Å². The summed E-state index contributed by atoms with van der Waals surface area (Å²) in [7, 11) is 0. The predicted molar refractivity (Wildman–Crippen MR) is 111 cm³/mol. The van der Waals surface area contributed by atoms with Crippen LogP contribution in [0.4, 0.5) is 0 Å². The maximum atomic E-state index is 4.42. The molecule has 0 amide bonds. The van der Waals surface area contributed by atoms with E-state index in [2.05, 4.69) is 41.4 Å². The molecule has 0 saturated carbocycles. The lowest BCUT2D eigenvalue weighted by atomic mass is 10.3. The molecule has 0 unspecified atom stereocenters. The van der Waals surface area contributed by atoms with E-state index in [4.69, 9.17) is 0 Å². The van der Waals surface area contributed by atoms with Crippen LogP contribution in [-0.4, -0.2) is 29.3 Å². The largest absolute Gasteiger partial charge is 0.320 e. The summed E-state index contributed by atoms with van der Waals surface area (Å²) < 4.78 is 6.19. The summed E-state index contributed by atoms with van der Waals surface area (Å²) in [5.41, 5.74) is 4.30. The fraction of sp³-hybridized carbons (Fsp3) is 0.111. The summed E-state index contributed by atoms with van der Waals surface area (Å²) in [5.74, 6) is 1.54. The van der Waals surface area contributed by atoms with Crippen LogP contribution in [0.3, 0.4) is 0 Å². The Hall–Kier alpha value is -2.36. The number of imidazole rings is 2. The number of hydrogen-bond acceptors (Lipinski definition) is 7. The van der Waals surface area contributed by atoms with Gasteiger partial charge in [0.25, 0.3) is 0 Å². The lowest BCUT2D eigenvalue weighted by Gasteiger charge is -2.01. The average molecular weight is 411 g/mol. The molecule has 9 heteroatoms. The molecule has 0 aliphatic heterocycles. The number of aromatic nitrogens is 6. The standard InChI is InChI=1S/C18H14N6S3/c1-3-7-15-13(5-1)19-9-23(15)11-25-17-21-22-18(27-17)26-12-24-10-20-14-6-2-4-8-16(14)24/h1-10H,11-12H2. The third-order valence-electron chi connectivity index (χ3n) is 4.10. The Morgan fingerprint density at radius 3 is 1.70 bits per heavy atom. The van der Waals surface area contributed by atoms with Crippen LogP contribution in [-0.2, 0) is 11.8 Å². The number of rotatable bonds is 6. The van der Waals surface area contributed by atoms with Gasteiger partial charge < -0.3 is 9.13 Å². The van der Waals surface area contributed by atoms with E-state index in [1.54, 1.807) is 34.9 Å². The van der Waals surface area contributed by atoms with E-state index in [1.165, 1.54) is 0 Å². The molecule has 0 aliphatic rings. The normalized spacial score (nSPS) is 11.6. The smallest absolute Gasteiger partial charge is 0.176 e. The molecule has 0 aliphatic carbocycles. The molecule has 0 spiro atoms. The zero-order valence-corrected chi connectivity index (χ0v) is 16.5. The molecule has 134 valence electrons. The topological polar surface area (TPSA) is 61.4 Å². The lowest BCUT2D eigenvalue weighted by molar-refractivity contribution is 0.902. The van der Waals surface area contributed by atoms with Gasteiger partial charge in [0.15, 0.2) is 8.68 Å². The van der Waals surface area contributed by atoms with Crippen LogP contribution in [0.25, 0.3) is 22.1 Å². The molecule has 3 aromatic heterocycles. The number of hydrogen-bond donors (Lipinski definition) is 0. The van der Waals surface area contributed by atoms with Gasteiger partial charge in [-0.3, -0.25) is 0 Å². The molecular weight excluding hydrogens is 396 g/mol. The van der Waals surface area contributed by atoms with Crippen LogP contribution >= 0.6 is 34.9 Å². The summed E-state index contributed by atoms with van der Waals surface area (Å²) >= 11 is 4.97. The van der Waals surface area contributed by atoms with Crippen LogP contribution in [0.2, 0.25) is 0 Å². The van der Waals surface area contributed by atoms with E-state index in [0.717, 1.165) is 42.5 Å². The van der Waals surface area contributed by atoms with Crippen LogP contribution in [0.5, 0.6) is 0 Å². The third kappa shape index (κ3) is 3.45. The van der Waals surface area contributed by atoms with Crippen molar-refractivity contribution >= 4 is 56.9 Å². The monoisotopic (exact) mass is 410 g/mol. The van der Waals surface area contributed by atoms with Crippen molar-refractivity contribution < 1.29 is 0 Å². The van der Waals surface area contributed by atoms with Crippen LogP contribution in [0, 0.1) is 0 Å². The van der Waals surface area contributed by atoms with E-state index in [0.29, 0.717) is 0 Å². The second-order valence-electron chi connectivity index (χ2n) is 5.79. The highest BCUT2D eigenvalue weighted by Crippen LogP contribution is 2.31. The quantitative estimate of drug-likeness (QED) is 0.377. The van der Waals surface area contributed by atoms with Crippen LogP contribution in [0.15, 0.2) is 69.9 Å². The molecule has 2 aromatic carbocycles. The van der Waals surface area contributed by atoms with Crippen molar-refractivity contribution in [2.24, 2.45) is 0 Å². The predicted octanol–water partition coefficient (Wildman–Crippen LogP) is 4.74. The Morgan fingerprint density at radius 2 is 1.19 bits per heavy atom. The molecule has 5 aromatic rings. The molecule has 0 bridgehead atoms. The molecule has 0 fully saturated rings. The molecule has 0 N–H and O–H groups in total. The second-order valence-corrected chi connectivity index (χ2v) is 9.15. The van der Waals surface area contributed by atoms with Gasteiger partial charge in [0.2, 0.25) is 0 Å². The van der Waals surface area contributed by atoms with E-state index < -0.39 is 0 Å². The summed E-state index contributed by atoms with van der Waals surface area (Å²) in [6.07, 6.45) is 3.75. The van der Waals surface area contributed by atoms with Crippen molar-refractivity contribution in [2.75, 3.05) is 0 Å². The first-order valence-electron chi connectivity index (χ1n) is 8.26. The molecule has 0 saturated heterocycles. The van der Waals surface area contributed by atoms with Crippen molar-refractivity contribution in [3.05, 3.63) is 61.2 Å². The average Bonchev–Trinajstić information content (AvgIpc) is 3.43. The van der Waals surface area contributed by atoms with Gasteiger partial charge in [0, 0.05) is 0 Å². The zero-order chi connectivity index (χ0) is 18.1. The maximum Gasteiger partial charge on any atom is 0.176 e. The maximum absolute atomic E-state index is 4.42. The summed E-state index contributed by atoms with van der Waals surface area (Å²) in [6, 6.07) is 16.3. The van der Waals surface area contributed by atoms with Gasteiger partial charge in [-0.15, -0.1) is 10.2 Å². The van der Waals surface area contributed by atoms with Gasteiger partial charge in [-0.25, -0.2) is 9.97 Å². The highest BCUT2D eigenvalue weighted by Gasteiger charge is 2.09. The zero-order valence-electron chi connectivity index (χ0n) is 14.1. The molecule has 3 heterocycles. The first-order valence-corrected chi connectivity index (χ1v) is 11.0. The Kier molecular flexibility index (Phi) is 4.56. The van der Waals surface area contributed by atoms with Crippen molar-refractivity contribution in [1.82, 2.24) is 29.3 Å². The number of thioether (sulfide) groups is 2. The highest BCUT2D eigenvalue weighted by molar-refractivity contribution is 8.02. The second kappa shape index (κ2) is 7.34. The minimum atomic E-state index is 0.770. The van der Waals surface area contributed by atoms with Gasteiger partial charge >= 0.3 is 0 Å². The Labute approximate surface area is 167 Å². The number of benzene rings is 2. The molecule has 0 radical (unpaired) electrons. The number of para-hydroxylation sites is 4. The Morgan fingerprint density at radius 1 is 0.704 bits per heavy atom. The van der Waals surface area contributed by atoms with Crippen molar-refractivity contribution in [3.8, 4) is 0 Å². The van der Waals surface area contributed by atoms with E-state index in [1.807, 2.05) is 49.1 Å². The minimum Gasteiger partial charge on any atom is -0.320 e. The van der Waals surface area contributed by atoms with Gasteiger partial charge in [-0.05, 0) is 24.3 Å².